The number of allylic oxidation sites excluding steroid dienone is 14. The van der Waals surface area contributed by atoms with Gasteiger partial charge in [-0.3, -0.25) is 0 Å². The lowest BCUT2D eigenvalue weighted by Crippen LogP contribution is -2.17. The molecule has 0 aromatic heterocycles. The van der Waals surface area contributed by atoms with Gasteiger partial charge in [0.1, 0.15) is 0 Å². The van der Waals surface area contributed by atoms with E-state index < -0.39 is 0 Å². The van der Waals surface area contributed by atoms with E-state index in [2.05, 4.69) is 97.4 Å². The van der Waals surface area contributed by atoms with Crippen LogP contribution in [0.25, 0.3) is 0 Å². The van der Waals surface area contributed by atoms with Crippen molar-refractivity contribution in [1.82, 2.24) is 0 Å². The lowest BCUT2D eigenvalue weighted by molar-refractivity contribution is 0.270. The highest BCUT2D eigenvalue weighted by Crippen LogP contribution is 2.41. The van der Waals surface area contributed by atoms with Crippen molar-refractivity contribution in [3.05, 3.63) is 108 Å². The average molecular weight is 583 g/mol. The summed E-state index contributed by atoms with van der Waals surface area (Å²) in [6.45, 7) is 28.1. The van der Waals surface area contributed by atoms with Crippen LogP contribution in [0.3, 0.4) is 0 Å². The van der Waals surface area contributed by atoms with Gasteiger partial charge in [-0.1, -0.05) is 125 Å². The molecule has 1 fully saturated rings. The zero-order valence-electron chi connectivity index (χ0n) is 29.0. The smallest absolute Gasteiger partial charge is 0.00668 e. The maximum Gasteiger partial charge on any atom is -0.00668 e. The lowest BCUT2D eigenvalue weighted by Gasteiger charge is -2.32. The Bertz CT molecular complexity index is 1060. The second kappa shape index (κ2) is 20.6. The molecule has 0 saturated heterocycles. The molecular weight excluding hydrogens is 516 g/mol. The molecule has 0 radical (unpaired) electrons. The summed E-state index contributed by atoms with van der Waals surface area (Å²) in [5, 5.41) is 0. The molecule has 2 aliphatic rings. The first kappa shape index (κ1) is 36.8. The predicted molar refractivity (Wildman–Crippen MR) is 195 cm³/mol. The second-order valence-electron chi connectivity index (χ2n) is 13.7. The van der Waals surface area contributed by atoms with Gasteiger partial charge in [-0.05, 0) is 137 Å². The van der Waals surface area contributed by atoms with Crippen LogP contribution in [0.1, 0.15) is 137 Å². The van der Waals surface area contributed by atoms with Gasteiger partial charge >= 0.3 is 0 Å². The maximum absolute atomic E-state index is 4.40. The van der Waals surface area contributed by atoms with Crippen molar-refractivity contribution in [2.75, 3.05) is 0 Å². The molecule has 0 amide bonds. The van der Waals surface area contributed by atoms with Gasteiger partial charge in [-0.25, -0.2) is 0 Å². The Morgan fingerprint density at radius 2 is 1.67 bits per heavy atom. The third-order valence-electron chi connectivity index (χ3n) is 10.3. The van der Waals surface area contributed by atoms with Crippen LogP contribution >= 0.6 is 0 Å². The third kappa shape index (κ3) is 13.0. The molecule has 0 heterocycles. The number of hydrogen-bond donors (Lipinski definition) is 0. The highest BCUT2D eigenvalue weighted by molar-refractivity contribution is 5.47. The summed E-state index contributed by atoms with van der Waals surface area (Å²) in [4.78, 5) is 0. The first-order valence-corrected chi connectivity index (χ1v) is 17.8. The van der Waals surface area contributed by atoms with Gasteiger partial charge < -0.3 is 0 Å². The number of hydrogen-bond acceptors (Lipinski definition) is 0. The Balaban J connectivity index is 1.92. The first-order chi connectivity index (χ1) is 20.8. The molecule has 2 rings (SSSR count). The third-order valence-corrected chi connectivity index (χ3v) is 10.3. The predicted octanol–water partition coefficient (Wildman–Crippen LogP) is 13.9. The van der Waals surface area contributed by atoms with Crippen LogP contribution < -0.4 is 0 Å². The molecule has 0 N–H and O–H groups in total. The fourth-order valence-electron chi connectivity index (χ4n) is 7.53. The monoisotopic (exact) mass is 583 g/mol. The molecule has 1 saturated carbocycles. The van der Waals surface area contributed by atoms with Crippen molar-refractivity contribution in [2.45, 2.75) is 137 Å². The highest BCUT2D eigenvalue weighted by Gasteiger charge is 2.25. The van der Waals surface area contributed by atoms with Gasteiger partial charge in [-0.15, -0.1) is 6.58 Å². The Morgan fingerprint density at radius 3 is 2.28 bits per heavy atom. The fraction of sp³-hybridized carbons (Fsp3) is 0.581. The van der Waals surface area contributed by atoms with Crippen LogP contribution in [0.4, 0.5) is 0 Å². The summed E-state index contributed by atoms with van der Waals surface area (Å²) in [6.07, 6.45) is 35.3. The molecule has 238 valence electrons. The minimum atomic E-state index is 0.636. The summed E-state index contributed by atoms with van der Waals surface area (Å²) >= 11 is 0. The second-order valence-corrected chi connectivity index (χ2v) is 13.7. The van der Waals surface area contributed by atoms with E-state index in [4.69, 9.17) is 0 Å². The lowest BCUT2D eigenvalue weighted by atomic mass is 9.74. The maximum atomic E-state index is 4.40. The van der Waals surface area contributed by atoms with Gasteiger partial charge in [0.2, 0.25) is 0 Å². The Morgan fingerprint density at radius 1 is 0.953 bits per heavy atom. The van der Waals surface area contributed by atoms with Crippen LogP contribution in [0.15, 0.2) is 108 Å². The van der Waals surface area contributed by atoms with Crippen molar-refractivity contribution in [1.29, 1.82) is 0 Å². The van der Waals surface area contributed by atoms with Gasteiger partial charge in [0.25, 0.3) is 0 Å². The van der Waals surface area contributed by atoms with Crippen molar-refractivity contribution in [3.63, 3.8) is 0 Å². The van der Waals surface area contributed by atoms with E-state index in [1.165, 1.54) is 98.5 Å². The number of rotatable bonds is 20. The van der Waals surface area contributed by atoms with E-state index in [1.807, 2.05) is 6.08 Å². The minimum absolute atomic E-state index is 0.636. The zero-order chi connectivity index (χ0) is 31.6. The summed E-state index contributed by atoms with van der Waals surface area (Å²) in [7, 11) is 0. The normalized spacial score (nSPS) is 21.8. The van der Waals surface area contributed by atoms with E-state index in [-0.39, 0.29) is 0 Å². The van der Waals surface area contributed by atoms with Crippen LogP contribution in [0.5, 0.6) is 0 Å². The molecule has 0 spiro atoms. The molecule has 0 aliphatic heterocycles. The van der Waals surface area contributed by atoms with E-state index in [0.717, 1.165) is 49.9 Å². The molecule has 0 aromatic carbocycles. The van der Waals surface area contributed by atoms with E-state index in [0.29, 0.717) is 5.92 Å². The van der Waals surface area contributed by atoms with Crippen LogP contribution in [-0.4, -0.2) is 0 Å². The molecule has 2 unspecified atom stereocenters. The Hall–Kier alpha value is -2.34. The highest BCUT2D eigenvalue weighted by atomic mass is 14.3. The van der Waals surface area contributed by atoms with Gasteiger partial charge in [0.15, 0.2) is 0 Å². The van der Waals surface area contributed by atoms with Gasteiger partial charge in [0, 0.05) is 0 Å². The fourth-order valence-corrected chi connectivity index (χ4v) is 7.53. The standard InChI is InChI=1S/C43H66/c1-10-17-35(9)40(14-5)20-16-19-37(13-4)22-21-33(7)29-38-23-25-39(26-24-38)32-42-31-34(8)30-41(15-6)43(42)28-27-36(12-3)18-11-2/h11,13-14,18,21-22,30,35,38-40H,2,4-5,8,10,12,15-17,19-20,23-29,31-32H2,1,3,6-7,9H3. The van der Waals surface area contributed by atoms with E-state index >= 15 is 0 Å². The molecule has 43 heavy (non-hydrogen) atoms. The van der Waals surface area contributed by atoms with Crippen molar-refractivity contribution in [3.8, 4) is 0 Å². The summed E-state index contributed by atoms with van der Waals surface area (Å²) < 4.78 is 0. The molecular formula is C43H66. The zero-order valence-corrected chi connectivity index (χ0v) is 29.0. The van der Waals surface area contributed by atoms with Gasteiger partial charge in [-0.2, -0.15) is 0 Å². The molecule has 0 bridgehead atoms. The molecule has 0 aromatic rings. The topological polar surface area (TPSA) is 0 Å². The van der Waals surface area contributed by atoms with E-state index in [1.54, 1.807) is 11.1 Å². The van der Waals surface area contributed by atoms with Crippen LogP contribution in [-0.2, 0) is 0 Å². The van der Waals surface area contributed by atoms with Gasteiger partial charge in [0.05, 0.1) is 0 Å². The van der Waals surface area contributed by atoms with Crippen LogP contribution in [0, 0.1) is 23.7 Å². The summed E-state index contributed by atoms with van der Waals surface area (Å²) in [5.74, 6) is 3.03. The quantitative estimate of drug-likeness (QED) is 0.0989. The van der Waals surface area contributed by atoms with Crippen molar-refractivity contribution in [2.24, 2.45) is 23.7 Å². The Labute approximate surface area is 268 Å². The SMILES string of the molecule is C=CC=C(CC)CCC1=C(CC2CCC(CC(C)=CC=C(C=C)CCCC(C=C)C(C)CCC)CC2)CC(=C)C=C1CC. The largest absolute Gasteiger partial charge is 0.103 e. The van der Waals surface area contributed by atoms with E-state index in [9.17, 15) is 0 Å². The van der Waals surface area contributed by atoms with Crippen molar-refractivity contribution >= 4 is 0 Å². The Kier molecular flexibility index (Phi) is 17.6. The van der Waals surface area contributed by atoms with Crippen molar-refractivity contribution < 1.29 is 0 Å². The molecule has 2 atom stereocenters. The molecule has 0 nitrogen and oxygen atoms in total. The summed E-state index contributed by atoms with van der Waals surface area (Å²) in [6, 6.07) is 0. The minimum Gasteiger partial charge on any atom is -0.103 e. The summed E-state index contributed by atoms with van der Waals surface area (Å²) in [5.41, 5.74) is 10.6. The molecule has 0 heteroatoms. The first-order valence-electron chi connectivity index (χ1n) is 17.8. The molecule has 2 aliphatic carbocycles. The van der Waals surface area contributed by atoms with Crippen LogP contribution in [0.2, 0.25) is 0 Å². The average Bonchev–Trinajstić information content (AvgIpc) is 3.00.